The van der Waals surface area contributed by atoms with Gasteiger partial charge in [0.25, 0.3) is 0 Å². The van der Waals surface area contributed by atoms with Gasteiger partial charge >= 0.3 is 0 Å². The third-order valence-corrected chi connectivity index (χ3v) is 4.41. The summed E-state index contributed by atoms with van der Waals surface area (Å²) in [5, 5.41) is 0. The molecule has 1 atom stereocenters. The summed E-state index contributed by atoms with van der Waals surface area (Å²) in [5.74, 6) is 0.176. The van der Waals surface area contributed by atoms with Gasteiger partial charge < -0.3 is 4.79 Å². The number of hydrogen-bond donors (Lipinski definition) is 0. The van der Waals surface area contributed by atoms with Crippen LogP contribution < -0.4 is 0 Å². The predicted octanol–water partition coefficient (Wildman–Crippen LogP) is 5.96. The molecule has 120 valence electrons. The average molecular weight is 298 g/mol. The van der Waals surface area contributed by atoms with Gasteiger partial charge in [-0.25, -0.2) is 0 Å². The zero-order valence-electron chi connectivity index (χ0n) is 14.9. The second kappa shape index (κ2) is 8.12. The average Bonchev–Trinajstić information content (AvgIpc) is 2.45. The van der Waals surface area contributed by atoms with Crippen LogP contribution in [0.3, 0.4) is 0 Å². The molecule has 0 bridgehead atoms. The fourth-order valence-electron chi connectivity index (χ4n) is 3.10. The van der Waals surface area contributed by atoms with Crippen LogP contribution in [0.5, 0.6) is 0 Å². The van der Waals surface area contributed by atoms with Crippen molar-refractivity contribution in [2.24, 2.45) is 11.3 Å². The molecule has 0 heterocycles. The summed E-state index contributed by atoms with van der Waals surface area (Å²) in [5.41, 5.74) is 5.29. The van der Waals surface area contributed by atoms with E-state index in [9.17, 15) is 4.79 Å². The molecule has 1 aliphatic rings. The molecule has 0 fully saturated rings. The first kappa shape index (κ1) is 18.4. The molecule has 1 heteroatoms. The van der Waals surface area contributed by atoms with E-state index in [1.807, 2.05) is 6.92 Å². The highest BCUT2D eigenvalue weighted by atomic mass is 16.1. The maximum atomic E-state index is 11.1. The zero-order valence-corrected chi connectivity index (χ0v) is 14.9. The van der Waals surface area contributed by atoms with Crippen molar-refractivity contribution in [3.8, 4) is 0 Å². The summed E-state index contributed by atoms with van der Waals surface area (Å²) in [6.07, 6.45) is 15.8. The van der Waals surface area contributed by atoms with E-state index >= 15 is 0 Å². The SMILES string of the molecule is CC=C(C)C=CC=C(C)C=CC1=C(C)CC(C=O)CC1(C)C. The quantitative estimate of drug-likeness (QED) is 0.452. The van der Waals surface area contributed by atoms with Crippen molar-refractivity contribution in [3.05, 3.63) is 58.7 Å². The van der Waals surface area contributed by atoms with Crippen LogP contribution in [0.15, 0.2) is 58.7 Å². The van der Waals surface area contributed by atoms with E-state index in [0.29, 0.717) is 0 Å². The van der Waals surface area contributed by atoms with Crippen LogP contribution in [0.2, 0.25) is 0 Å². The van der Waals surface area contributed by atoms with Gasteiger partial charge in [0.2, 0.25) is 0 Å². The molecule has 0 spiro atoms. The second-order valence-corrected chi connectivity index (χ2v) is 7.02. The standard InChI is InChI=1S/C21H30O/c1-7-16(2)9-8-10-17(3)11-12-20-18(4)13-19(15-22)14-21(20,5)6/h7-12,15,19H,13-14H2,1-6H3. The van der Waals surface area contributed by atoms with Crippen LogP contribution in [-0.2, 0) is 4.79 Å². The number of rotatable bonds is 5. The third kappa shape index (κ3) is 5.29. The van der Waals surface area contributed by atoms with E-state index in [0.717, 1.165) is 19.1 Å². The van der Waals surface area contributed by atoms with Gasteiger partial charge in [-0.05, 0) is 51.5 Å². The normalized spacial score (nSPS) is 23.6. The predicted molar refractivity (Wildman–Crippen MR) is 96.7 cm³/mol. The first-order chi connectivity index (χ1) is 10.3. The van der Waals surface area contributed by atoms with Crippen molar-refractivity contribution < 1.29 is 4.79 Å². The van der Waals surface area contributed by atoms with Crippen molar-refractivity contribution in [3.63, 3.8) is 0 Å². The molecule has 0 aromatic rings. The molecule has 22 heavy (non-hydrogen) atoms. The first-order valence-corrected chi connectivity index (χ1v) is 8.11. The van der Waals surface area contributed by atoms with Crippen molar-refractivity contribution in [1.82, 2.24) is 0 Å². The molecule has 1 nitrogen and oxygen atoms in total. The molecule has 1 unspecified atom stereocenters. The Labute approximate surface area is 136 Å². The lowest BCUT2D eigenvalue weighted by Gasteiger charge is -2.36. The van der Waals surface area contributed by atoms with E-state index in [4.69, 9.17) is 0 Å². The third-order valence-electron chi connectivity index (χ3n) is 4.41. The van der Waals surface area contributed by atoms with Gasteiger partial charge in [0.1, 0.15) is 6.29 Å². The molecular weight excluding hydrogens is 268 g/mol. The Morgan fingerprint density at radius 2 is 1.86 bits per heavy atom. The van der Waals surface area contributed by atoms with E-state index in [2.05, 4.69) is 71.1 Å². The van der Waals surface area contributed by atoms with E-state index in [-0.39, 0.29) is 11.3 Å². The van der Waals surface area contributed by atoms with Crippen molar-refractivity contribution >= 4 is 6.29 Å². The molecule has 0 aromatic heterocycles. The molecule has 0 saturated carbocycles. The topological polar surface area (TPSA) is 17.1 Å². The van der Waals surface area contributed by atoms with Crippen LogP contribution in [0, 0.1) is 11.3 Å². The summed E-state index contributed by atoms with van der Waals surface area (Å²) >= 11 is 0. The molecule has 1 rings (SSSR count). The number of allylic oxidation sites excluding steroid dienone is 10. The molecule has 0 radical (unpaired) electrons. The Bertz CT molecular complexity index is 550. The number of carbonyl (C=O) groups is 1. The Kier molecular flexibility index (Phi) is 6.80. The van der Waals surface area contributed by atoms with E-state index < -0.39 is 0 Å². The number of carbonyl (C=O) groups excluding carboxylic acids is 1. The van der Waals surface area contributed by atoms with Crippen LogP contribution >= 0.6 is 0 Å². The van der Waals surface area contributed by atoms with Gasteiger partial charge in [0, 0.05) is 5.92 Å². The summed E-state index contributed by atoms with van der Waals surface area (Å²) < 4.78 is 0. The van der Waals surface area contributed by atoms with Crippen molar-refractivity contribution in [2.75, 3.05) is 0 Å². The lowest BCUT2D eigenvalue weighted by atomic mass is 9.68. The molecular formula is C21H30O. The molecule has 1 aliphatic carbocycles. The highest BCUT2D eigenvalue weighted by molar-refractivity contribution is 5.56. The van der Waals surface area contributed by atoms with Crippen LogP contribution in [0.25, 0.3) is 0 Å². The van der Waals surface area contributed by atoms with Gasteiger partial charge in [-0.3, -0.25) is 0 Å². The molecule has 0 aliphatic heterocycles. The summed E-state index contributed by atoms with van der Waals surface area (Å²) in [6.45, 7) is 12.9. The lowest BCUT2D eigenvalue weighted by molar-refractivity contribution is -0.112. The van der Waals surface area contributed by atoms with Gasteiger partial charge in [-0.1, -0.05) is 67.0 Å². The summed E-state index contributed by atoms with van der Waals surface area (Å²) in [6, 6.07) is 0. The van der Waals surface area contributed by atoms with Gasteiger partial charge in [-0.15, -0.1) is 0 Å². The lowest BCUT2D eigenvalue weighted by Crippen LogP contribution is -2.26. The minimum Gasteiger partial charge on any atom is -0.303 e. The van der Waals surface area contributed by atoms with Crippen molar-refractivity contribution in [2.45, 2.75) is 54.4 Å². The summed E-state index contributed by atoms with van der Waals surface area (Å²) in [4.78, 5) is 11.1. The molecule has 0 amide bonds. The fraction of sp³-hybridized carbons (Fsp3) is 0.476. The van der Waals surface area contributed by atoms with E-state index in [1.165, 1.54) is 22.3 Å². The Balaban J connectivity index is 2.90. The maximum Gasteiger partial charge on any atom is 0.123 e. The number of hydrogen-bond acceptors (Lipinski definition) is 1. The van der Waals surface area contributed by atoms with E-state index in [1.54, 1.807) is 0 Å². The minimum atomic E-state index is 0.0715. The van der Waals surface area contributed by atoms with Crippen LogP contribution in [0.4, 0.5) is 0 Å². The summed E-state index contributed by atoms with van der Waals surface area (Å²) in [7, 11) is 0. The Hall–Kier alpha value is -1.63. The van der Waals surface area contributed by atoms with Crippen molar-refractivity contribution in [1.29, 1.82) is 0 Å². The second-order valence-electron chi connectivity index (χ2n) is 7.02. The Morgan fingerprint density at radius 1 is 1.18 bits per heavy atom. The van der Waals surface area contributed by atoms with Gasteiger partial charge in [0.15, 0.2) is 0 Å². The van der Waals surface area contributed by atoms with Gasteiger partial charge in [-0.2, -0.15) is 0 Å². The largest absolute Gasteiger partial charge is 0.303 e. The van der Waals surface area contributed by atoms with Gasteiger partial charge in [0.05, 0.1) is 0 Å². The number of aldehydes is 1. The highest BCUT2D eigenvalue weighted by Crippen LogP contribution is 2.43. The van der Waals surface area contributed by atoms with Crippen LogP contribution in [0.1, 0.15) is 54.4 Å². The smallest absolute Gasteiger partial charge is 0.123 e. The first-order valence-electron chi connectivity index (χ1n) is 8.11. The Morgan fingerprint density at radius 3 is 2.41 bits per heavy atom. The molecule has 0 aromatic carbocycles. The van der Waals surface area contributed by atoms with Crippen LogP contribution in [-0.4, -0.2) is 6.29 Å². The highest BCUT2D eigenvalue weighted by Gasteiger charge is 2.31. The molecule has 0 N–H and O–H groups in total. The molecule has 0 saturated heterocycles. The fourth-order valence-corrected chi connectivity index (χ4v) is 3.10. The maximum absolute atomic E-state index is 11.1. The minimum absolute atomic E-state index is 0.0715. The monoisotopic (exact) mass is 298 g/mol. The zero-order chi connectivity index (χ0) is 16.8.